The molecule has 1 N–H and O–H groups in total. The zero-order chi connectivity index (χ0) is 22.8. The topological polar surface area (TPSA) is 58.6 Å². The molecule has 6 heteroatoms. The predicted octanol–water partition coefficient (Wildman–Crippen LogP) is 6.17. The van der Waals surface area contributed by atoms with Crippen LogP contribution in [0, 0.1) is 0 Å². The van der Waals surface area contributed by atoms with Crippen LogP contribution in [0.1, 0.15) is 11.1 Å². The minimum atomic E-state index is -0.497. The van der Waals surface area contributed by atoms with E-state index in [1.165, 1.54) is 10.8 Å². The van der Waals surface area contributed by atoms with Crippen molar-refractivity contribution in [1.82, 2.24) is 5.32 Å². The molecule has 3 amide bonds. The SMILES string of the molecule is O=C1N/C(=C/c2ccc(OCc3cccc4ccccc34)cc2)C(=O)N1c1ccc(Cl)cc1. The van der Waals surface area contributed by atoms with Gasteiger partial charge >= 0.3 is 6.03 Å². The summed E-state index contributed by atoms with van der Waals surface area (Å²) in [4.78, 5) is 26.2. The summed E-state index contributed by atoms with van der Waals surface area (Å²) >= 11 is 5.90. The van der Waals surface area contributed by atoms with E-state index in [1.54, 1.807) is 30.3 Å². The second-order valence-electron chi connectivity index (χ2n) is 7.60. The van der Waals surface area contributed by atoms with E-state index in [-0.39, 0.29) is 5.70 Å². The lowest BCUT2D eigenvalue weighted by Gasteiger charge is -2.11. The highest BCUT2D eigenvalue weighted by Gasteiger charge is 2.34. The van der Waals surface area contributed by atoms with Crippen molar-refractivity contribution in [2.75, 3.05) is 4.90 Å². The molecule has 4 aromatic rings. The maximum atomic E-state index is 12.8. The van der Waals surface area contributed by atoms with E-state index >= 15 is 0 Å². The first kappa shape index (κ1) is 20.8. The Bertz CT molecular complexity index is 1370. The van der Waals surface area contributed by atoms with Gasteiger partial charge in [0.1, 0.15) is 18.1 Å². The first-order chi connectivity index (χ1) is 16.1. The van der Waals surface area contributed by atoms with Crippen LogP contribution >= 0.6 is 11.6 Å². The Labute approximate surface area is 195 Å². The molecule has 4 aromatic carbocycles. The van der Waals surface area contributed by atoms with Gasteiger partial charge in [0.25, 0.3) is 5.91 Å². The number of ether oxygens (including phenoxy) is 1. The van der Waals surface area contributed by atoms with Crippen LogP contribution in [-0.4, -0.2) is 11.9 Å². The van der Waals surface area contributed by atoms with Gasteiger partial charge in [-0.05, 0) is 64.4 Å². The van der Waals surface area contributed by atoms with Crippen LogP contribution in [-0.2, 0) is 11.4 Å². The summed E-state index contributed by atoms with van der Waals surface area (Å²) < 4.78 is 5.97. The molecule has 0 unspecified atom stereocenters. The molecular weight excluding hydrogens is 436 g/mol. The predicted molar refractivity (Wildman–Crippen MR) is 130 cm³/mol. The summed E-state index contributed by atoms with van der Waals surface area (Å²) in [7, 11) is 0. The molecule has 162 valence electrons. The van der Waals surface area contributed by atoms with E-state index in [9.17, 15) is 9.59 Å². The molecule has 33 heavy (non-hydrogen) atoms. The molecule has 0 radical (unpaired) electrons. The molecule has 5 rings (SSSR count). The molecule has 0 spiro atoms. The van der Waals surface area contributed by atoms with Gasteiger partial charge in [0, 0.05) is 5.02 Å². The number of rotatable bonds is 5. The monoisotopic (exact) mass is 454 g/mol. The Morgan fingerprint density at radius 1 is 0.848 bits per heavy atom. The second-order valence-corrected chi connectivity index (χ2v) is 8.04. The van der Waals surface area contributed by atoms with Crippen molar-refractivity contribution in [2.24, 2.45) is 0 Å². The van der Waals surface area contributed by atoms with E-state index < -0.39 is 11.9 Å². The van der Waals surface area contributed by atoms with Crippen molar-refractivity contribution in [3.8, 4) is 5.75 Å². The van der Waals surface area contributed by atoms with Crippen LogP contribution in [0.4, 0.5) is 10.5 Å². The Morgan fingerprint density at radius 3 is 2.36 bits per heavy atom. The molecule has 0 atom stereocenters. The van der Waals surface area contributed by atoms with E-state index in [0.29, 0.717) is 17.3 Å². The summed E-state index contributed by atoms with van der Waals surface area (Å²) in [5.74, 6) is 0.299. The van der Waals surface area contributed by atoms with Crippen molar-refractivity contribution < 1.29 is 14.3 Å². The third kappa shape index (κ3) is 4.31. The summed E-state index contributed by atoms with van der Waals surface area (Å²) in [6.07, 6.45) is 1.64. The molecule has 0 bridgehead atoms. The van der Waals surface area contributed by atoms with E-state index in [2.05, 4.69) is 29.6 Å². The maximum Gasteiger partial charge on any atom is 0.333 e. The maximum absolute atomic E-state index is 12.8. The van der Waals surface area contributed by atoms with Gasteiger partial charge in [-0.1, -0.05) is 66.2 Å². The van der Waals surface area contributed by atoms with Crippen LogP contribution in [0.2, 0.25) is 5.02 Å². The van der Waals surface area contributed by atoms with Gasteiger partial charge in [-0.3, -0.25) is 4.79 Å². The summed E-state index contributed by atoms with van der Waals surface area (Å²) in [5.41, 5.74) is 2.55. The fraction of sp³-hybridized carbons (Fsp3) is 0.0370. The van der Waals surface area contributed by atoms with Crippen LogP contribution in [0.5, 0.6) is 5.75 Å². The minimum Gasteiger partial charge on any atom is -0.489 e. The first-order valence-corrected chi connectivity index (χ1v) is 10.8. The Hall–Kier alpha value is -4.09. The van der Waals surface area contributed by atoms with Crippen LogP contribution in [0.3, 0.4) is 0 Å². The summed E-state index contributed by atoms with van der Waals surface area (Å²) in [6, 6.07) is 27.8. The number of urea groups is 1. The van der Waals surface area contributed by atoms with E-state index in [4.69, 9.17) is 16.3 Å². The summed E-state index contributed by atoms with van der Waals surface area (Å²) in [5, 5.41) is 5.51. The van der Waals surface area contributed by atoms with Crippen molar-refractivity contribution in [3.63, 3.8) is 0 Å². The average Bonchev–Trinajstić information content (AvgIpc) is 3.11. The molecule has 1 aliphatic rings. The lowest BCUT2D eigenvalue weighted by Crippen LogP contribution is -2.30. The van der Waals surface area contributed by atoms with Gasteiger partial charge in [0.2, 0.25) is 0 Å². The molecule has 1 fully saturated rings. The molecule has 5 nitrogen and oxygen atoms in total. The molecule has 0 aliphatic carbocycles. The standard InChI is InChI=1S/C27H19ClN2O3/c28-21-10-12-22(13-11-21)30-26(31)25(29-27(30)32)16-18-8-14-23(15-9-18)33-17-20-6-3-5-19-4-1-2-7-24(19)20/h1-16H,17H2,(H,29,32)/b25-16+. The van der Waals surface area contributed by atoms with Gasteiger partial charge in [0.05, 0.1) is 5.69 Å². The number of benzene rings is 4. The fourth-order valence-corrected chi connectivity index (χ4v) is 3.89. The van der Waals surface area contributed by atoms with Crippen molar-refractivity contribution in [1.29, 1.82) is 0 Å². The molecular formula is C27H19ClN2O3. The molecule has 1 saturated heterocycles. The number of halogens is 1. The number of anilines is 1. The Morgan fingerprint density at radius 2 is 1.58 bits per heavy atom. The second kappa shape index (κ2) is 8.81. The van der Waals surface area contributed by atoms with Crippen LogP contribution in [0.15, 0.2) is 96.7 Å². The number of imide groups is 1. The highest BCUT2D eigenvalue weighted by molar-refractivity contribution is 6.31. The number of amides is 3. The normalized spacial score (nSPS) is 14.7. The van der Waals surface area contributed by atoms with Crippen molar-refractivity contribution in [3.05, 3.63) is 113 Å². The van der Waals surface area contributed by atoms with Gasteiger partial charge in [-0.2, -0.15) is 0 Å². The third-order valence-corrected chi connectivity index (χ3v) is 5.68. The van der Waals surface area contributed by atoms with Gasteiger partial charge in [0.15, 0.2) is 0 Å². The zero-order valence-corrected chi connectivity index (χ0v) is 18.3. The Kier molecular flexibility index (Phi) is 5.55. The number of carbonyl (C=O) groups excluding carboxylic acids is 2. The largest absolute Gasteiger partial charge is 0.489 e. The lowest BCUT2D eigenvalue weighted by molar-refractivity contribution is -0.113. The number of nitrogens with zero attached hydrogens (tertiary/aromatic N) is 1. The highest BCUT2D eigenvalue weighted by Crippen LogP contribution is 2.25. The highest BCUT2D eigenvalue weighted by atomic mass is 35.5. The summed E-state index contributed by atoms with van der Waals surface area (Å²) in [6.45, 7) is 0.451. The molecule has 1 heterocycles. The van der Waals surface area contributed by atoms with Gasteiger partial charge < -0.3 is 10.1 Å². The number of nitrogens with one attached hydrogen (secondary N) is 1. The quantitative estimate of drug-likeness (QED) is 0.290. The molecule has 0 aromatic heterocycles. The first-order valence-electron chi connectivity index (χ1n) is 10.4. The molecule has 1 aliphatic heterocycles. The third-order valence-electron chi connectivity index (χ3n) is 5.43. The number of carbonyl (C=O) groups is 2. The van der Waals surface area contributed by atoms with E-state index in [1.807, 2.05) is 42.5 Å². The van der Waals surface area contributed by atoms with Crippen LogP contribution < -0.4 is 15.0 Å². The van der Waals surface area contributed by atoms with Gasteiger partial charge in [-0.25, -0.2) is 9.69 Å². The van der Waals surface area contributed by atoms with Gasteiger partial charge in [-0.15, -0.1) is 0 Å². The number of hydrogen-bond donors (Lipinski definition) is 1. The van der Waals surface area contributed by atoms with Crippen molar-refractivity contribution >= 4 is 46.1 Å². The number of hydrogen-bond acceptors (Lipinski definition) is 3. The van der Waals surface area contributed by atoms with Crippen molar-refractivity contribution in [2.45, 2.75) is 6.61 Å². The zero-order valence-electron chi connectivity index (χ0n) is 17.5. The van der Waals surface area contributed by atoms with Crippen LogP contribution in [0.25, 0.3) is 16.8 Å². The average molecular weight is 455 g/mol. The Balaban J connectivity index is 1.29. The lowest BCUT2D eigenvalue weighted by atomic mass is 10.1. The number of fused-ring (bicyclic) bond motifs is 1. The smallest absolute Gasteiger partial charge is 0.333 e. The fourth-order valence-electron chi connectivity index (χ4n) is 3.77. The van der Waals surface area contributed by atoms with E-state index in [0.717, 1.165) is 21.8 Å². The molecule has 0 saturated carbocycles. The minimum absolute atomic E-state index is 0.208.